The summed E-state index contributed by atoms with van der Waals surface area (Å²) in [4.78, 5) is 33.1. The Hall–Kier alpha value is -4.98. The van der Waals surface area contributed by atoms with Gasteiger partial charge >= 0.3 is 5.97 Å². The molecule has 0 aliphatic rings. The standard InChI is InChI=1S/C31H29N5O3/c1-31(2,3)23-11-9-21(10-12-23)30(39)34-25-6-4-5-22(18-25)26-19-36-16-15-32-29(36)28(35-26)33-24-13-7-20(8-14-24)17-27(37)38/h4-16,18-19H,17H2,1-3H3,(H,33,35)(H,34,39)(H,37,38). The van der Waals surface area contributed by atoms with Crippen molar-refractivity contribution in [2.75, 3.05) is 10.6 Å². The van der Waals surface area contributed by atoms with Crippen molar-refractivity contribution in [2.24, 2.45) is 0 Å². The van der Waals surface area contributed by atoms with Gasteiger partial charge in [0.2, 0.25) is 0 Å². The van der Waals surface area contributed by atoms with Crippen molar-refractivity contribution in [1.29, 1.82) is 0 Å². The molecular weight excluding hydrogens is 490 g/mol. The minimum atomic E-state index is -0.874. The number of fused-ring (bicyclic) bond motifs is 1. The van der Waals surface area contributed by atoms with Gasteiger partial charge in [-0.1, -0.05) is 57.2 Å². The number of hydrogen-bond acceptors (Lipinski definition) is 5. The second-order valence-corrected chi connectivity index (χ2v) is 10.4. The molecule has 8 nitrogen and oxygen atoms in total. The summed E-state index contributed by atoms with van der Waals surface area (Å²) in [6, 6.07) is 22.4. The predicted octanol–water partition coefficient (Wildman–Crippen LogP) is 6.32. The average Bonchev–Trinajstić information content (AvgIpc) is 3.38. The van der Waals surface area contributed by atoms with Crippen molar-refractivity contribution in [1.82, 2.24) is 14.4 Å². The first-order valence-corrected chi connectivity index (χ1v) is 12.6. The molecule has 0 unspecified atom stereocenters. The van der Waals surface area contributed by atoms with Crippen LogP contribution in [-0.4, -0.2) is 31.4 Å². The van der Waals surface area contributed by atoms with Crippen LogP contribution in [0.5, 0.6) is 0 Å². The Morgan fingerprint density at radius 2 is 1.69 bits per heavy atom. The highest BCUT2D eigenvalue weighted by atomic mass is 16.4. The van der Waals surface area contributed by atoms with Gasteiger partial charge in [0, 0.05) is 41.1 Å². The highest BCUT2D eigenvalue weighted by molar-refractivity contribution is 6.04. The van der Waals surface area contributed by atoms with Gasteiger partial charge in [-0.15, -0.1) is 0 Å². The number of anilines is 3. The summed E-state index contributed by atoms with van der Waals surface area (Å²) < 4.78 is 1.88. The van der Waals surface area contributed by atoms with E-state index in [1.165, 1.54) is 5.56 Å². The lowest BCUT2D eigenvalue weighted by molar-refractivity contribution is -0.136. The second kappa shape index (κ2) is 10.4. The van der Waals surface area contributed by atoms with E-state index in [-0.39, 0.29) is 17.7 Å². The minimum Gasteiger partial charge on any atom is -0.481 e. The number of imidazole rings is 1. The monoisotopic (exact) mass is 519 g/mol. The third kappa shape index (κ3) is 5.96. The molecule has 196 valence electrons. The van der Waals surface area contributed by atoms with Gasteiger partial charge in [0.15, 0.2) is 11.5 Å². The molecule has 0 fully saturated rings. The van der Waals surface area contributed by atoms with Crippen LogP contribution in [0.4, 0.5) is 17.2 Å². The molecule has 2 aromatic heterocycles. The van der Waals surface area contributed by atoms with Crippen molar-refractivity contribution in [3.63, 3.8) is 0 Å². The van der Waals surface area contributed by atoms with Crippen LogP contribution in [0.3, 0.4) is 0 Å². The molecule has 5 aromatic rings. The van der Waals surface area contributed by atoms with Crippen molar-refractivity contribution in [2.45, 2.75) is 32.6 Å². The number of carbonyl (C=O) groups is 2. The predicted molar refractivity (Wildman–Crippen MR) is 153 cm³/mol. The second-order valence-electron chi connectivity index (χ2n) is 10.4. The van der Waals surface area contributed by atoms with Crippen LogP contribution < -0.4 is 10.6 Å². The number of aliphatic carboxylic acids is 1. The number of nitrogens with one attached hydrogen (secondary N) is 2. The summed E-state index contributed by atoms with van der Waals surface area (Å²) >= 11 is 0. The molecular formula is C31H29N5O3. The fourth-order valence-corrected chi connectivity index (χ4v) is 4.25. The molecule has 8 heteroatoms. The first kappa shape index (κ1) is 25.7. The Balaban J connectivity index is 1.39. The van der Waals surface area contributed by atoms with Gasteiger partial charge in [-0.3, -0.25) is 9.59 Å². The average molecular weight is 520 g/mol. The normalized spacial score (nSPS) is 11.4. The molecule has 0 radical (unpaired) electrons. The smallest absolute Gasteiger partial charge is 0.307 e. The molecule has 1 amide bonds. The number of amides is 1. The zero-order valence-corrected chi connectivity index (χ0v) is 22.0. The number of carboxylic acids is 1. The van der Waals surface area contributed by atoms with Crippen molar-refractivity contribution < 1.29 is 14.7 Å². The SMILES string of the molecule is CC(C)(C)c1ccc(C(=O)Nc2cccc(-c3cn4ccnc4c(Nc4ccc(CC(=O)O)cc4)n3)c2)cc1. The van der Waals surface area contributed by atoms with E-state index >= 15 is 0 Å². The van der Waals surface area contributed by atoms with Gasteiger partial charge in [0.25, 0.3) is 5.91 Å². The number of rotatable bonds is 7. The zero-order valence-electron chi connectivity index (χ0n) is 22.0. The summed E-state index contributed by atoms with van der Waals surface area (Å²) in [5, 5.41) is 15.3. The van der Waals surface area contributed by atoms with E-state index in [2.05, 4.69) is 36.4 Å². The Bertz CT molecular complexity index is 1650. The number of benzene rings is 3. The Labute approximate surface area is 226 Å². The van der Waals surface area contributed by atoms with Crippen LogP contribution in [0.15, 0.2) is 91.4 Å². The van der Waals surface area contributed by atoms with E-state index < -0.39 is 5.97 Å². The first-order valence-electron chi connectivity index (χ1n) is 12.6. The van der Waals surface area contributed by atoms with Gasteiger partial charge in [-0.2, -0.15) is 0 Å². The summed E-state index contributed by atoms with van der Waals surface area (Å²) in [7, 11) is 0. The highest BCUT2D eigenvalue weighted by Crippen LogP contribution is 2.27. The topological polar surface area (TPSA) is 109 Å². The number of aromatic nitrogens is 3. The molecule has 0 saturated heterocycles. The summed E-state index contributed by atoms with van der Waals surface area (Å²) in [5.41, 5.74) is 6.08. The Morgan fingerprint density at radius 1 is 0.949 bits per heavy atom. The van der Waals surface area contributed by atoms with Crippen molar-refractivity contribution >= 4 is 34.7 Å². The third-order valence-electron chi connectivity index (χ3n) is 6.38. The van der Waals surface area contributed by atoms with E-state index in [4.69, 9.17) is 10.1 Å². The first-order chi connectivity index (χ1) is 18.7. The fourth-order valence-electron chi connectivity index (χ4n) is 4.25. The molecule has 0 spiro atoms. The van der Waals surface area contributed by atoms with Gasteiger partial charge in [-0.25, -0.2) is 9.97 Å². The lowest BCUT2D eigenvalue weighted by Gasteiger charge is -2.19. The summed E-state index contributed by atoms with van der Waals surface area (Å²) in [6.45, 7) is 6.42. The van der Waals surface area contributed by atoms with Crippen LogP contribution in [0.25, 0.3) is 16.9 Å². The maximum Gasteiger partial charge on any atom is 0.307 e. The number of carboxylic acid groups (broad SMARTS) is 1. The quantitative estimate of drug-likeness (QED) is 0.232. The Morgan fingerprint density at radius 3 is 2.38 bits per heavy atom. The van der Waals surface area contributed by atoms with Gasteiger partial charge in [0.05, 0.1) is 12.1 Å². The molecule has 39 heavy (non-hydrogen) atoms. The van der Waals surface area contributed by atoms with Crippen LogP contribution in [0.2, 0.25) is 0 Å². The van der Waals surface area contributed by atoms with E-state index in [1.54, 1.807) is 18.3 Å². The molecule has 5 rings (SSSR count). The zero-order chi connectivity index (χ0) is 27.6. The van der Waals surface area contributed by atoms with Crippen LogP contribution in [0, 0.1) is 0 Å². The summed E-state index contributed by atoms with van der Waals surface area (Å²) in [6.07, 6.45) is 5.39. The summed E-state index contributed by atoms with van der Waals surface area (Å²) in [5.74, 6) is -0.503. The molecule has 0 saturated carbocycles. The lowest BCUT2D eigenvalue weighted by Crippen LogP contribution is -2.14. The Kier molecular flexibility index (Phi) is 6.85. The highest BCUT2D eigenvalue weighted by Gasteiger charge is 2.15. The van der Waals surface area contributed by atoms with Crippen LogP contribution in [0.1, 0.15) is 42.3 Å². The molecule has 0 bridgehead atoms. The van der Waals surface area contributed by atoms with Gasteiger partial charge in [0.1, 0.15) is 0 Å². The fraction of sp³-hybridized carbons (Fsp3) is 0.161. The third-order valence-corrected chi connectivity index (χ3v) is 6.38. The molecule has 0 atom stereocenters. The van der Waals surface area contributed by atoms with Crippen LogP contribution in [-0.2, 0) is 16.6 Å². The largest absolute Gasteiger partial charge is 0.481 e. The molecule has 0 aliphatic heterocycles. The molecule has 3 N–H and O–H groups in total. The maximum atomic E-state index is 12.9. The number of carbonyl (C=O) groups excluding carboxylic acids is 1. The van der Waals surface area contributed by atoms with Gasteiger partial charge < -0.3 is 20.1 Å². The van der Waals surface area contributed by atoms with E-state index in [9.17, 15) is 9.59 Å². The minimum absolute atomic E-state index is 0.0180. The van der Waals surface area contributed by atoms with Gasteiger partial charge in [-0.05, 0) is 52.9 Å². The number of hydrogen-bond donors (Lipinski definition) is 3. The number of nitrogens with zero attached hydrogens (tertiary/aromatic N) is 3. The molecule has 3 aromatic carbocycles. The lowest BCUT2D eigenvalue weighted by atomic mass is 9.87. The van der Waals surface area contributed by atoms with E-state index in [0.29, 0.717) is 34.0 Å². The van der Waals surface area contributed by atoms with E-state index in [1.807, 2.05) is 77.5 Å². The van der Waals surface area contributed by atoms with Crippen molar-refractivity contribution in [3.8, 4) is 11.3 Å². The molecule has 0 aliphatic carbocycles. The van der Waals surface area contributed by atoms with Crippen LogP contribution >= 0.6 is 0 Å². The molecule has 2 heterocycles. The maximum absolute atomic E-state index is 12.9. The van der Waals surface area contributed by atoms with E-state index in [0.717, 1.165) is 11.3 Å². The van der Waals surface area contributed by atoms with Crippen molar-refractivity contribution in [3.05, 3.63) is 108 Å².